The predicted molar refractivity (Wildman–Crippen MR) is 136 cm³/mol. The van der Waals surface area contributed by atoms with Crippen LogP contribution in [-0.4, -0.2) is 65.6 Å². The van der Waals surface area contributed by atoms with Crippen molar-refractivity contribution in [2.75, 3.05) is 32.8 Å². The quantitative estimate of drug-likeness (QED) is 0.490. The number of piperidine rings is 1. The Morgan fingerprint density at radius 3 is 2.31 bits per heavy atom. The van der Waals surface area contributed by atoms with Gasteiger partial charge < -0.3 is 14.7 Å². The Balaban J connectivity index is 1.14. The molecule has 0 aromatic heterocycles. The highest BCUT2D eigenvalue weighted by atomic mass is 35.5. The van der Waals surface area contributed by atoms with Crippen molar-refractivity contribution in [1.82, 2.24) is 9.80 Å². The highest BCUT2D eigenvalue weighted by Gasteiger charge is 2.34. The summed E-state index contributed by atoms with van der Waals surface area (Å²) in [7, 11) is 0. The SMILES string of the molecule is Cc1cc(Cl)ccc1OCC(O)CN1CCC(CN2C(=O)c3cccc4cccc(c34)C2=O)CC1. The number of halogens is 1. The summed E-state index contributed by atoms with van der Waals surface area (Å²) in [4.78, 5) is 30.0. The summed E-state index contributed by atoms with van der Waals surface area (Å²) in [6.07, 6.45) is 1.13. The van der Waals surface area contributed by atoms with Crippen LogP contribution in [0.3, 0.4) is 0 Å². The number of nitrogens with zero attached hydrogens (tertiary/aromatic N) is 2. The van der Waals surface area contributed by atoms with Gasteiger partial charge in [-0.25, -0.2) is 0 Å². The van der Waals surface area contributed by atoms with Crippen LogP contribution in [0.15, 0.2) is 54.6 Å². The van der Waals surface area contributed by atoms with E-state index in [-0.39, 0.29) is 24.3 Å². The highest BCUT2D eigenvalue weighted by Crippen LogP contribution is 2.31. The first-order chi connectivity index (χ1) is 16.9. The molecule has 0 radical (unpaired) electrons. The van der Waals surface area contributed by atoms with Gasteiger partial charge in [-0.05, 0) is 80.1 Å². The molecule has 3 aromatic rings. The van der Waals surface area contributed by atoms with E-state index in [1.807, 2.05) is 55.5 Å². The third-order valence-corrected chi connectivity index (χ3v) is 7.28. The second-order valence-corrected chi connectivity index (χ2v) is 9.99. The van der Waals surface area contributed by atoms with Crippen LogP contribution >= 0.6 is 11.6 Å². The maximum atomic E-state index is 13.2. The molecular formula is C28H29ClN2O4. The fourth-order valence-corrected chi connectivity index (χ4v) is 5.39. The molecule has 0 saturated carbocycles. The van der Waals surface area contributed by atoms with Gasteiger partial charge in [0.15, 0.2) is 0 Å². The fourth-order valence-electron chi connectivity index (χ4n) is 5.17. The Kier molecular flexibility index (Phi) is 6.78. The second-order valence-electron chi connectivity index (χ2n) is 9.55. The van der Waals surface area contributed by atoms with Crippen molar-refractivity contribution in [3.05, 3.63) is 76.3 Å². The molecule has 2 amide bonds. The largest absolute Gasteiger partial charge is 0.491 e. The average Bonchev–Trinajstić information content (AvgIpc) is 2.85. The van der Waals surface area contributed by atoms with E-state index in [9.17, 15) is 14.7 Å². The third kappa shape index (κ3) is 4.92. The Morgan fingerprint density at radius 2 is 1.69 bits per heavy atom. The zero-order chi connectivity index (χ0) is 24.5. The number of imide groups is 1. The summed E-state index contributed by atoms with van der Waals surface area (Å²) in [5, 5.41) is 12.8. The molecule has 0 aliphatic carbocycles. The van der Waals surface area contributed by atoms with Crippen LogP contribution in [0, 0.1) is 12.8 Å². The highest BCUT2D eigenvalue weighted by molar-refractivity contribution is 6.30. The van der Waals surface area contributed by atoms with Crippen LogP contribution < -0.4 is 4.74 Å². The van der Waals surface area contributed by atoms with E-state index in [4.69, 9.17) is 16.3 Å². The Hall–Kier alpha value is -2.93. The summed E-state index contributed by atoms with van der Waals surface area (Å²) >= 11 is 5.99. The lowest BCUT2D eigenvalue weighted by molar-refractivity contribution is 0.0452. The van der Waals surface area contributed by atoms with Crippen LogP contribution in [0.1, 0.15) is 39.1 Å². The van der Waals surface area contributed by atoms with Gasteiger partial charge >= 0.3 is 0 Å². The smallest absolute Gasteiger partial charge is 0.261 e. The number of hydrogen-bond acceptors (Lipinski definition) is 5. The first kappa shape index (κ1) is 23.8. The molecule has 2 heterocycles. The molecule has 35 heavy (non-hydrogen) atoms. The van der Waals surface area contributed by atoms with Gasteiger partial charge in [0.05, 0.1) is 0 Å². The van der Waals surface area contributed by atoms with Gasteiger partial charge in [-0.2, -0.15) is 0 Å². The standard InChI is InChI=1S/C28H29ClN2O4/c1-18-14-21(29)8-9-25(18)35-17-22(32)16-30-12-10-19(11-13-30)15-31-27(33)23-6-2-4-20-5-3-7-24(26(20)23)28(31)34/h2-9,14,19,22,32H,10-13,15-17H2,1H3. The van der Waals surface area contributed by atoms with Crippen molar-refractivity contribution in [3.63, 3.8) is 0 Å². The van der Waals surface area contributed by atoms with E-state index in [0.29, 0.717) is 29.2 Å². The van der Waals surface area contributed by atoms with Crippen molar-refractivity contribution in [2.24, 2.45) is 5.92 Å². The van der Waals surface area contributed by atoms with Gasteiger partial charge in [0, 0.05) is 34.6 Å². The van der Waals surface area contributed by atoms with Gasteiger partial charge in [-0.15, -0.1) is 0 Å². The molecule has 0 spiro atoms. The van der Waals surface area contributed by atoms with E-state index in [0.717, 1.165) is 48.0 Å². The lowest BCUT2D eigenvalue weighted by Crippen LogP contribution is -2.46. The molecule has 1 fully saturated rings. The van der Waals surface area contributed by atoms with Crippen molar-refractivity contribution in [1.29, 1.82) is 0 Å². The van der Waals surface area contributed by atoms with Crippen molar-refractivity contribution >= 4 is 34.2 Å². The molecule has 1 unspecified atom stereocenters. The van der Waals surface area contributed by atoms with Gasteiger partial charge in [-0.1, -0.05) is 35.9 Å². The van der Waals surface area contributed by atoms with E-state index in [1.54, 1.807) is 6.07 Å². The number of benzene rings is 3. The number of rotatable bonds is 7. The molecular weight excluding hydrogens is 464 g/mol. The summed E-state index contributed by atoms with van der Waals surface area (Å²) in [5.41, 5.74) is 2.15. The summed E-state index contributed by atoms with van der Waals surface area (Å²) < 4.78 is 5.78. The number of carbonyl (C=O) groups excluding carboxylic acids is 2. The molecule has 2 aliphatic heterocycles. The van der Waals surface area contributed by atoms with Crippen LogP contribution in [0.4, 0.5) is 0 Å². The average molecular weight is 493 g/mol. The van der Waals surface area contributed by atoms with Gasteiger partial charge in [0.2, 0.25) is 0 Å². The molecule has 6 nitrogen and oxygen atoms in total. The molecule has 1 saturated heterocycles. The van der Waals surface area contributed by atoms with Gasteiger partial charge in [0.1, 0.15) is 18.5 Å². The van der Waals surface area contributed by atoms with Crippen molar-refractivity contribution < 1.29 is 19.4 Å². The molecule has 3 aromatic carbocycles. The number of β-amino-alcohol motifs (C(OH)–C–C–N with tert-alkyl or cyclic N) is 1. The van der Waals surface area contributed by atoms with Gasteiger partial charge in [-0.3, -0.25) is 14.5 Å². The predicted octanol–water partition coefficient (Wildman–Crippen LogP) is 4.55. The Bertz CT molecular complexity index is 1220. The topological polar surface area (TPSA) is 70.1 Å². The fraction of sp³-hybridized carbons (Fsp3) is 0.357. The minimum absolute atomic E-state index is 0.202. The zero-order valence-electron chi connectivity index (χ0n) is 19.7. The van der Waals surface area contributed by atoms with Crippen LogP contribution in [0.2, 0.25) is 5.02 Å². The van der Waals surface area contributed by atoms with E-state index in [2.05, 4.69) is 4.90 Å². The maximum absolute atomic E-state index is 13.2. The minimum atomic E-state index is -0.608. The Labute approximate surface area is 210 Å². The van der Waals surface area contributed by atoms with Crippen molar-refractivity contribution in [3.8, 4) is 5.75 Å². The number of aliphatic hydroxyl groups excluding tert-OH is 1. The monoisotopic (exact) mass is 492 g/mol. The number of ether oxygens (including phenoxy) is 1. The summed E-state index contributed by atoms with van der Waals surface area (Å²) in [5.74, 6) is 0.563. The maximum Gasteiger partial charge on any atom is 0.261 e. The van der Waals surface area contributed by atoms with Crippen LogP contribution in [0.25, 0.3) is 10.8 Å². The number of likely N-dealkylation sites (tertiary alicyclic amines) is 1. The molecule has 2 aliphatic rings. The van der Waals surface area contributed by atoms with Gasteiger partial charge in [0.25, 0.3) is 11.8 Å². The van der Waals surface area contributed by atoms with Crippen molar-refractivity contribution in [2.45, 2.75) is 25.9 Å². The molecule has 0 bridgehead atoms. The number of amides is 2. The number of aliphatic hydroxyl groups is 1. The lowest BCUT2D eigenvalue weighted by atomic mass is 9.91. The lowest BCUT2D eigenvalue weighted by Gasteiger charge is -2.36. The summed E-state index contributed by atoms with van der Waals surface area (Å²) in [6, 6.07) is 16.7. The first-order valence-electron chi connectivity index (χ1n) is 12.1. The third-order valence-electron chi connectivity index (χ3n) is 7.04. The summed E-state index contributed by atoms with van der Waals surface area (Å²) in [6.45, 7) is 4.71. The Morgan fingerprint density at radius 1 is 1.03 bits per heavy atom. The molecule has 182 valence electrons. The van der Waals surface area contributed by atoms with E-state index >= 15 is 0 Å². The van der Waals surface area contributed by atoms with Crippen LogP contribution in [0.5, 0.6) is 5.75 Å². The van der Waals surface area contributed by atoms with E-state index < -0.39 is 6.10 Å². The number of aryl methyl sites for hydroxylation is 1. The molecule has 7 heteroatoms. The molecule has 1 N–H and O–H groups in total. The van der Waals surface area contributed by atoms with E-state index in [1.165, 1.54) is 4.90 Å². The molecule has 5 rings (SSSR count). The minimum Gasteiger partial charge on any atom is -0.491 e. The number of hydrogen-bond donors (Lipinski definition) is 1. The normalized spacial score (nSPS) is 17.7. The second kappa shape index (κ2) is 9.97. The first-order valence-corrected chi connectivity index (χ1v) is 12.5. The molecule has 1 atom stereocenters. The zero-order valence-corrected chi connectivity index (χ0v) is 20.5. The number of carbonyl (C=O) groups is 2. The van der Waals surface area contributed by atoms with Crippen LogP contribution in [-0.2, 0) is 0 Å².